The van der Waals surface area contributed by atoms with E-state index in [1.165, 1.54) is 0 Å². The Bertz CT molecular complexity index is 755. The van der Waals surface area contributed by atoms with Crippen LogP contribution in [-0.2, 0) is 14.3 Å². The molecular formula is C23H31NO5. The number of para-hydroxylation sites is 1. The maximum Gasteiger partial charge on any atom is 0.314 e. The standard InChI is InChI=1S/C21H27NO3.C2H4O2/c1-5-22(6-2)17(4)24-21(23)16(3)18-11-10-14-20(15-18)25-19-12-8-7-9-13-19;1-2(3)4/h7-17H,5-6H2,1-4H3;1H3,(H,3,4). The summed E-state index contributed by atoms with van der Waals surface area (Å²) in [5.74, 6) is 0.0683. The first-order valence-electron chi connectivity index (χ1n) is 9.75. The van der Waals surface area contributed by atoms with Crippen molar-refractivity contribution in [2.75, 3.05) is 13.1 Å². The molecule has 158 valence electrons. The van der Waals surface area contributed by atoms with E-state index in [1.54, 1.807) is 0 Å². The first-order valence-corrected chi connectivity index (χ1v) is 9.75. The largest absolute Gasteiger partial charge is 0.481 e. The van der Waals surface area contributed by atoms with Crippen LogP contribution in [0.1, 0.15) is 46.1 Å². The molecule has 2 aromatic carbocycles. The number of rotatable bonds is 8. The summed E-state index contributed by atoms with van der Waals surface area (Å²) in [7, 11) is 0. The van der Waals surface area contributed by atoms with Crippen LogP contribution in [0.15, 0.2) is 54.6 Å². The minimum absolute atomic E-state index is 0.226. The quantitative estimate of drug-likeness (QED) is 0.501. The van der Waals surface area contributed by atoms with Crippen molar-refractivity contribution in [3.05, 3.63) is 60.2 Å². The summed E-state index contributed by atoms with van der Waals surface area (Å²) in [5.41, 5.74) is 0.880. The SMILES string of the molecule is CC(=O)O.CCN(CC)C(C)OC(=O)C(C)c1cccc(Oc2ccccc2)c1. The maximum absolute atomic E-state index is 12.5. The minimum atomic E-state index is -0.833. The van der Waals surface area contributed by atoms with Crippen LogP contribution in [0, 0.1) is 0 Å². The zero-order chi connectivity index (χ0) is 21.8. The van der Waals surface area contributed by atoms with Crippen LogP contribution >= 0.6 is 0 Å². The van der Waals surface area contributed by atoms with Gasteiger partial charge in [0.05, 0.1) is 5.92 Å². The highest BCUT2D eigenvalue weighted by molar-refractivity contribution is 5.78. The van der Waals surface area contributed by atoms with Crippen molar-refractivity contribution in [3.8, 4) is 11.5 Å². The Labute approximate surface area is 173 Å². The Hall–Kier alpha value is -2.86. The summed E-state index contributed by atoms with van der Waals surface area (Å²) < 4.78 is 11.5. The fourth-order valence-electron chi connectivity index (χ4n) is 2.69. The molecule has 2 atom stereocenters. The van der Waals surface area contributed by atoms with Crippen LogP contribution in [0.4, 0.5) is 0 Å². The van der Waals surface area contributed by atoms with E-state index in [4.69, 9.17) is 19.4 Å². The highest BCUT2D eigenvalue weighted by atomic mass is 16.6. The number of hydrogen-bond acceptors (Lipinski definition) is 5. The highest BCUT2D eigenvalue weighted by Gasteiger charge is 2.22. The predicted molar refractivity (Wildman–Crippen MR) is 113 cm³/mol. The van der Waals surface area contributed by atoms with Gasteiger partial charge in [-0.15, -0.1) is 0 Å². The van der Waals surface area contributed by atoms with Crippen LogP contribution in [0.3, 0.4) is 0 Å². The smallest absolute Gasteiger partial charge is 0.314 e. The molecule has 0 radical (unpaired) electrons. The van der Waals surface area contributed by atoms with E-state index in [-0.39, 0.29) is 18.1 Å². The van der Waals surface area contributed by atoms with Gasteiger partial charge in [-0.3, -0.25) is 14.5 Å². The molecule has 0 spiro atoms. The summed E-state index contributed by atoms with van der Waals surface area (Å²) >= 11 is 0. The van der Waals surface area contributed by atoms with Crippen molar-refractivity contribution >= 4 is 11.9 Å². The van der Waals surface area contributed by atoms with Crippen molar-refractivity contribution < 1.29 is 24.2 Å². The molecule has 0 saturated carbocycles. The Morgan fingerprint density at radius 2 is 1.52 bits per heavy atom. The van der Waals surface area contributed by atoms with E-state index in [0.29, 0.717) is 5.75 Å². The molecule has 2 rings (SSSR count). The summed E-state index contributed by atoms with van der Waals surface area (Å²) in [4.78, 5) is 23.6. The number of hydrogen-bond donors (Lipinski definition) is 1. The van der Waals surface area contributed by atoms with Crippen molar-refractivity contribution in [1.82, 2.24) is 4.90 Å². The number of nitrogens with zero attached hydrogens (tertiary/aromatic N) is 1. The maximum atomic E-state index is 12.5. The minimum Gasteiger partial charge on any atom is -0.481 e. The van der Waals surface area contributed by atoms with E-state index >= 15 is 0 Å². The van der Waals surface area contributed by atoms with Crippen molar-refractivity contribution in [2.24, 2.45) is 0 Å². The zero-order valence-corrected chi connectivity index (χ0v) is 17.8. The third-order valence-corrected chi connectivity index (χ3v) is 4.30. The second-order valence-electron chi connectivity index (χ2n) is 6.49. The number of benzene rings is 2. The van der Waals surface area contributed by atoms with E-state index in [2.05, 4.69) is 18.7 Å². The second kappa shape index (κ2) is 12.6. The fraction of sp³-hybridized carbons (Fsp3) is 0.391. The van der Waals surface area contributed by atoms with Gasteiger partial charge in [0, 0.05) is 6.92 Å². The number of ether oxygens (including phenoxy) is 2. The van der Waals surface area contributed by atoms with E-state index in [9.17, 15) is 4.79 Å². The van der Waals surface area contributed by atoms with Gasteiger partial charge in [0.2, 0.25) is 0 Å². The van der Waals surface area contributed by atoms with Crippen LogP contribution in [0.5, 0.6) is 11.5 Å². The lowest BCUT2D eigenvalue weighted by Crippen LogP contribution is -2.37. The third-order valence-electron chi connectivity index (χ3n) is 4.30. The normalized spacial score (nSPS) is 12.3. The molecule has 0 fully saturated rings. The highest BCUT2D eigenvalue weighted by Crippen LogP contribution is 2.26. The number of esters is 1. The van der Waals surface area contributed by atoms with Crippen LogP contribution < -0.4 is 4.74 Å². The molecule has 6 nitrogen and oxygen atoms in total. The number of carbonyl (C=O) groups is 2. The van der Waals surface area contributed by atoms with Gasteiger partial charge in [0.1, 0.15) is 11.5 Å². The van der Waals surface area contributed by atoms with Gasteiger partial charge < -0.3 is 14.6 Å². The summed E-state index contributed by atoms with van der Waals surface area (Å²) in [6.45, 7) is 10.7. The number of carboxylic acid groups (broad SMARTS) is 1. The van der Waals surface area contributed by atoms with Gasteiger partial charge in [-0.25, -0.2) is 0 Å². The molecule has 29 heavy (non-hydrogen) atoms. The third kappa shape index (κ3) is 8.79. The van der Waals surface area contributed by atoms with E-state index in [0.717, 1.165) is 31.3 Å². The molecule has 0 aliphatic heterocycles. The molecule has 0 bridgehead atoms. The second-order valence-corrected chi connectivity index (χ2v) is 6.49. The molecular weight excluding hydrogens is 370 g/mol. The summed E-state index contributed by atoms with van der Waals surface area (Å²) in [6, 6.07) is 17.2. The molecule has 0 amide bonds. The molecule has 1 N–H and O–H groups in total. The van der Waals surface area contributed by atoms with Gasteiger partial charge in [0.25, 0.3) is 5.97 Å². The van der Waals surface area contributed by atoms with Gasteiger partial charge in [0.15, 0.2) is 6.23 Å². The lowest BCUT2D eigenvalue weighted by atomic mass is 10.0. The average molecular weight is 402 g/mol. The van der Waals surface area contributed by atoms with Crippen LogP contribution in [-0.4, -0.2) is 41.3 Å². The van der Waals surface area contributed by atoms with E-state index in [1.807, 2.05) is 68.4 Å². The number of carboxylic acids is 1. The average Bonchev–Trinajstić information content (AvgIpc) is 2.69. The molecule has 6 heteroatoms. The molecule has 2 aromatic rings. The molecule has 0 heterocycles. The lowest BCUT2D eigenvalue weighted by Gasteiger charge is -2.27. The van der Waals surface area contributed by atoms with Crippen molar-refractivity contribution in [2.45, 2.75) is 46.8 Å². The zero-order valence-electron chi connectivity index (χ0n) is 17.8. The predicted octanol–water partition coefficient (Wildman–Crippen LogP) is 4.90. The molecule has 2 unspecified atom stereocenters. The molecule has 0 saturated heterocycles. The summed E-state index contributed by atoms with van der Waals surface area (Å²) in [6.07, 6.45) is -0.228. The molecule has 0 aliphatic carbocycles. The number of aliphatic carboxylic acids is 1. The first-order chi connectivity index (χ1) is 13.8. The van der Waals surface area contributed by atoms with Gasteiger partial charge >= 0.3 is 5.97 Å². The molecule has 0 aliphatic rings. The van der Waals surface area contributed by atoms with Gasteiger partial charge in [-0.05, 0) is 56.8 Å². The van der Waals surface area contributed by atoms with E-state index < -0.39 is 5.97 Å². The van der Waals surface area contributed by atoms with Gasteiger partial charge in [-0.1, -0.05) is 44.2 Å². The van der Waals surface area contributed by atoms with Crippen molar-refractivity contribution in [3.63, 3.8) is 0 Å². The topological polar surface area (TPSA) is 76.1 Å². The van der Waals surface area contributed by atoms with Crippen LogP contribution in [0.25, 0.3) is 0 Å². The Morgan fingerprint density at radius 3 is 2.07 bits per heavy atom. The van der Waals surface area contributed by atoms with Gasteiger partial charge in [-0.2, -0.15) is 0 Å². The monoisotopic (exact) mass is 401 g/mol. The summed E-state index contributed by atoms with van der Waals surface area (Å²) in [5, 5.41) is 7.42. The number of carbonyl (C=O) groups excluding carboxylic acids is 1. The Kier molecular flexibility index (Phi) is 10.5. The van der Waals surface area contributed by atoms with Crippen molar-refractivity contribution in [1.29, 1.82) is 0 Å². The Balaban J connectivity index is 0.000000960. The van der Waals surface area contributed by atoms with Crippen LogP contribution in [0.2, 0.25) is 0 Å². The fourth-order valence-corrected chi connectivity index (χ4v) is 2.69. The molecule has 0 aromatic heterocycles. The Morgan fingerprint density at radius 1 is 0.966 bits per heavy atom. The first kappa shape index (κ1) is 24.2. The lowest BCUT2D eigenvalue weighted by molar-refractivity contribution is -0.158.